The first-order valence-electron chi connectivity index (χ1n) is 5.66. The Hall–Kier alpha value is -1.38. The van der Waals surface area contributed by atoms with Gasteiger partial charge in [-0.05, 0) is 20.8 Å². The number of rotatable bonds is 5. The normalized spacial score (nSPS) is 13.8. The van der Waals surface area contributed by atoms with E-state index in [0.717, 1.165) is 4.31 Å². The molecule has 1 atom stereocenters. The van der Waals surface area contributed by atoms with E-state index in [2.05, 4.69) is 4.98 Å². The van der Waals surface area contributed by atoms with Crippen LogP contribution in [0.5, 0.6) is 0 Å². The van der Waals surface area contributed by atoms with Crippen molar-refractivity contribution in [3.05, 3.63) is 17.0 Å². The summed E-state index contributed by atoms with van der Waals surface area (Å²) >= 11 is 0. The molecule has 1 rings (SSSR count). The van der Waals surface area contributed by atoms with Gasteiger partial charge in [-0.25, -0.2) is 13.2 Å². The Morgan fingerprint density at radius 3 is 2.32 bits per heavy atom. The summed E-state index contributed by atoms with van der Waals surface area (Å²) in [6.07, 6.45) is -0.807. The van der Waals surface area contributed by atoms with Gasteiger partial charge in [0.15, 0.2) is 0 Å². The molecular weight excluding hydrogens is 272 g/mol. The molecule has 0 aliphatic carbocycles. The van der Waals surface area contributed by atoms with E-state index < -0.39 is 22.1 Å². The summed E-state index contributed by atoms with van der Waals surface area (Å²) in [7, 11) is -2.49. The number of nitrogens with one attached hydrogen (secondary N) is 1. The number of carbonyl (C=O) groups is 1. The highest BCUT2D eigenvalue weighted by molar-refractivity contribution is 7.89. The largest absolute Gasteiger partial charge is 0.477 e. The van der Waals surface area contributed by atoms with E-state index in [9.17, 15) is 18.3 Å². The van der Waals surface area contributed by atoms with Gasteiger partial charge in [-0.1, -0.05) is 0 Å². The molecule has 0 aliphatic rings. The molecule has 0 spiro atoms. The second-order valence-electron chi connectivity index (χ2n) is 4.52. The highest BCUT2D eigenvalue weighted by atomic mass is 32.2. The van der Waals surface area contributed by atoms with Crippen LogP contribution in [0.2, 0.25) is 0 Å². The number of aliphatic hydroxyl groups is 1. The molecule has 0 saturated carbocycles. The summed E-state index contributed by atoms with van der Waals surface area (Å²) in [5.74, 6) is -1.21. The lowest BCUT2D eigenvalue weighted by Crippen LogP contribution is -2.33. The topological polar surface area (TPSA) is 111 Å². The van der Waals surface area contributed by atoms with Crippen molar-refractivity contribution >= 4 is 16.0 Å². The fourth-order valence-corrected chi connectivity index (χ4v) is 3.61. The summed E-state index contributed by atoms with van der Waals surface area (Å²) in [5.41, 5.74) is 0.302. The van der Waals surface area contributed by atoms with Crippen LogP contribution in [0.1, 0.15) is 28.7 Å². The number of aliphatic hydroxyl groups excluding tert-OH is 1. The van der Waals surface area contributed by atoms with E-state index in [1.165, 1.54) is 27.8 Å². The quantitative estimate of drug-likeness (QED) is 0.723. The van der Waals surface area contributed by atoms with Gasteiger partial charge in [0.05, 0.1) is 6.10 Å². The molecule has 0 bridgehead atoms. The Morgan fingerprint density at radius 2 is 1.95 bits per heavy atom. The zero-order valence-electron chi connectivity index (χ0n) is 11.3. The fraction of sp³-hybridized carbons (Fsp3) is 0.545. The van der Waals surface area contributed by atoms with E-state index in [1.807, 2.05) is 0 Å². The second-order valence-corrected chi connectivity index (χ2v) is 6.50. The van der Waals surface area contributed by atoms with Gasteiger partial charge in [-0.2, -0.15) is 4.31 Å². The minimum atomic E-state index is -3.83. The van der Waals surface area contributed by atoms with E-state index in [1.54, 1.807) is 0 Å². The number of aromatic nitrogens is 1. The third-order valence-electron chi connectivity index (χ3n) is 2.77. The number of hydrogen-bond acceptors (Lipinski definition) is 4. The minimum Gasteiger partial charge on any atom is -0.477 e. The van der Waals surface area contributed by atoms with E-state index in [-0.39, 0.29) is 28.4 Å². The van der Waals surface area contributed by atoms with Gasteiger partial charge in [0.2, 0.25) is 10.0 Å². The van der Waals surface area contributed by atoms with Crippen molar-refractivity contribution in [1.29, 1.82) is 0 Å². The highest BCUT2D eigenvalue weighted by Gasteiger charge is 2.30. The van der Waals surface area contributed by atoms with Gasteiger partial charge < -0.3 is 15.2 Å². The third-order valence-corrected chi connectivity index (χ3v) is 4.87. The molecule has 108 valence electrons. The summed E-state index contributed by atoms with van der Waals surface area (Å²) in [6, 6.07) is 0. The summed E-state index contributed by atoms with van der Waals surface area (Å²) < 4.78 is 25.7. The Balaban J connectivity index is 3.34. The average Bonchev–Trinajstić information content (AvgIpc) is 2.53. The first-order chi connectivity index (χ1) is 8.59. The van der Waals surface area contributed by atoms with Crippen molar-refractivity contribution in [3.63, 3.8) is 0 Å². The van der Waals surface area contributed by atoms with Crippen LogP contribution in [-0.4, -0.2) is 53.6 Å². The zero-order valence-corrected chi connectivity index (χ0v) is 12.1. The van der Waals surface area contributed by atoms with Gasteiger partial charge in [0.1, 0.15) is 10.6 Å². The molecule has 0 aromatic carbocycles. The Morgan fingerprint density at radius 1 is 1.42 bits per heavy atom. The summed E-state index contributed by atoms with van der Waals surface area (Å²) in [5, 5.41) is 18.2. The molecule has 1 aromatic heterocycles. The predicted octanol–water partition coefficient (Wildman–Crippen LogP) is 0.331. The molecule has 3 N–H and O–H groups in total. The SMILES string of the molecule is Cc1[nH]c(C(=O)O)c(C)c1S(=O)(=O)N(C)CC(C)O. The average molecular weight is 290 g/mol. The number of aryl methyl sites for hydroxylation is 1. The second kappa shape index (κ2) is 5.32. The van der Waals surface area contributed by atoms with Crippen LogP contribution >= 0.6 is 0 Å². The molecule has 1 unspecified atom stereocenters. The maximum absolute atomic E-state index is 12.3. The monoisotopic (exact) mass is 290 g/mol. The number of H-pyrrole nitrogens is 1. The van der Waals surface area contributed by atoms with Gasteiger partial charge in [0.25, 0.3) is 0 Å². The summed E-state index contributed by atoms with van der Waals surface area (Å²) in [6.45, 7) is 4.36. The zero-order chi connectivity index (χ0) is 15.0. The molecule has 7 nitrogen and oxygen atoms in total. The van der Waals surface area contributed by atoms with Gasteiger partial charge in [0, 0.05) is 24.8 Å². The maximum atomic E-state index is 12.3. The van der Waals surface area contributed by atoms with Crippen LogP contribution in [0.15, 0.2) is 4.90 Å². The van der Waals surface area contributed by atoms with Crippen molar-refractivity contribution in [3.8, 4) is 0 Å². The van der Waals surface area contributed by atoms with Crippen LogP contribution in [0, 0.1) is 13.8 Å². The van der Waals surface area contributed by atoms with Crippen LogP contribution in [0.4, 0.5) is 0 Å². The Kier molecular flexibility index (Phi) is 4.39. The molecule has 0 fully saturated rings. The smallest absolute Gasteiger partial charge is 0.352 e. The van der Waals surface area contributed by atoms with E-state index in [4.69, 9.17) is 5.11 Å². The number of aromatic amines is 1. The fourth-order valence-electron chi connectivity index (χ4n) is 1.96. The number of nitrogens with zero attached hydrogens (tertiary/aromatic N) is 1. The molecule has 8 heteroatoms. The van der Waals surface area contributed by atoms with Gasteiger partial charge in [-0.15, -0.1) is 0 Å². The number of aromatic carboxylic acids is 1. The first kappa shape index (κ1) is 15.7. The Labute approximate surface area is 111 Å². The van der Waals surface area contributed by atoms with Crippen LogP contribution < -0.4 is 0 Å². The van der Waals surface area contributed by atoms with Crippen molar-refractivity contribution < 1.29 is 23.4 Å². The molecule has 0 amide bonds. The lowest BCUT2D eigenvalue weighted by atomic mass is 10.2. The first-order valence-corrected chi connectivity index (χ1v) is 7.10. The highest BCUT2D eigenvalue weighted by Crippen LogP contribution is 2.25. The van der Waals surface area contributed by atoms with Crippen LogP contribution in [0.3, 0.4) is 0 Å². The van der Waals surface area contributed by atoms with E-state index in [0.29, 0.717) is 0 Å². The van der Waals surface area contributed by atoms with E-state index >= 15 is 0 Å². The molecule has 19 heavy (non-hydrogen) atoms. The summed E-state index contributed by atoms with van der Waals surface area (Å²) in [4.78, 5) is 13.5. The number of carboxylic acids is 1. The van der Waals surface area contributed by atoms with Crippen LogP contribution in [0.25, 0.3) is 0 Å². The van der Waals surface area contributed by atoms with Gasteiger partial charge in [-0.3, -0.25) is 0 Å². The van der Waals surface area contributed by atoms with Crippen LogP contribution in [-0.2, 0) is 10.0 Å². The van der Waals surface area contributed by atoms with Gasteiger partial charge >= 0.3 is 5.97 Å². The lowest BCUT2D eigenvalue weighted by Gasteiger charge is -2.19. The molecule has 0 aliphatic heterocycles. The van der Waals surface area contributed by atoms with Crippen molar-refractivity contribution in [2.45, 2.75) is 31.8 Å². The maximum Gasteiger partial charge on any atom is 0.352 e. The Bertz CT molecular complexity index is 588. The minimum absolute atomic E-state index is 0.0481. The molecule has 1 aromatic rings. The van der Waals surface area contributed by atoms with Crippen molar-refractivity contribution in [2.24, 2.45) is 0 Å². The predicted molar refractivity (Wildman–Crippen MR) is 68.7 cm³/mol. The van der Waals surface area contributed by atoms with Crippen molar-refractivity contribution in [1.82, 2.24) is 9.29 Å². The lowest BCUT2D eigenvalue weighted by molar-refractivity contribution is 0.0690. The molecule has 1 heterocycles. The number of carboxylic acid groups (broad SMARTS) is 1. The molecular formula is C11H18N2O5S. The number of hydrogen-bond donors (Lipinski definition) is 3. The molecule has 0 saturated heterocycles. The molecule has 0 radical (unpaired) electrons. The third kappa shape index (κ3) is 2.96. The standard InChI is InChI=1S/C11H18N2O5S/c1-6(14)5-13(4)19(17,18)10-7(2)9(11(15)16)12-8(10)3/h6,12,14H,5H2,1-4H3,(H,15,16). The van der Waals surface area contributed by atoms with Crippen molar-refractivity contribution in [2.75, 3.05) is 13.6 Å². The number of sulfonamides is 1. The number of likely N-dealkylation sites (N-methyl/N-ethyl adjacent to an activating group) is 1.